The van der Waals surface area contributed by atoms with E-state index < -0.39 is 27.4 Å². The molecule has 2 N–H and O–H groups in total. The fraction of sp³-hybridized carbons (Fsp3) is 0.467. The molecule has 0 atom stereocenters. The van der Waals surface area contributed by atoms with E-state index in [0.29, 0.717) is 5.56 Å². The lowest BCUT2D eigenvalue weighted by atomic mass is 10.1. The molecule has 0 radical (unpaired) electrons. The fourth-order valence-electron chi connectivity index (χ4n) is 1.65. The molecule has 2 amide bonds. The van der Waals surface area contributed by atoms with Crippen molar-refractivity contribution in [2.24, 2.45) is 0 Å². The molecule has 128 valence electrons. The van der Waals surface area contributed by atoms with Crippen molar-refractivity contribution in [2.45, 2.75) is 37.8 Å². The highest BCUT2D eigenvalue weighted by Gasteiger charge is 2.20. The molecule has 0 saturated carbocycles. The van der Waals surface area contributed by atoms with E-state index in [1.54, 1.807) is 32.9 Å². The first-order valence-electron chi connectivity index (χ1n) is 7.05. The molecule has 0 heterocycles. The number of carbonyl (C=O) groups is 2. The normalized spacial score (nSPS) is 12.1. The van der Waals surface area contributed by atoms with Crippen LogP contribution < -0.4 is 10.6 Å². The first-order valence-corrected chi connectivity index (χ1v) is 8.49. The lowest BCUT2D eigenvalue weighted by molar-refractivity contribution is -0.140. The maximum atomic E-state index is 11.9. The monoisotopic (exact) mass is 341 g/mol. The van der Waals surface area contributed by atoms with Gasteiger partial charge >= 0.3 is 11.8 Å². The third-order valence-corrected chi connectivity index (χ3v) is 4.68. The number of amides is 2. The molecule has 8 heteroatoms. The van der Waals surface area contributed by atoms with Crippen LogP contribution in [0.25, 0.3) is 0 Å². The molecule has 1 aromatic rings. The van der Waals surface area contributed by atoms with Gasteiger partial charge in [0.15, 0.2) is 0 Å². The lowest BCUT2D eigenvalue weighted by Gasteiger charge is -2.19. The van der Waals surface area contributed by atoms with Crippen LogP contribution in [0.5, 0.6) is 0 Å². The summed E-state index contributed by atoms with van der Waals surface area (Å²) in [7, 11) is -0.566. The van der Waals surface area contributed by atoms with Crippen molar-refractivity contribution in [1.82, 2.24) is 14.9 Å². The summed E-state index contributed by atoms with van der Waals surface area (Å²) >= 11 is 0. The Bertz CT molecular complexity index is 674. The molecule has 0 aliphatic rings. The minimum Gasteiger partial charge on any atom is -0.344 e. The van der Waals surface area contributed by atoms with Crippen LogP contribution >= 0.6 is 0 Å². The van der Waals surface area contributed by atoms with E-state index in [1.165, 1.54) is 26.2 Å². The number of rotatable bonds is 4. The van der Waals surface area contributed by atoms with Crippen molar-refractivity contribution in [1.29, 1.82) is 0 Å². The molecular weight excluding hydrogens is 318 g/mol. The quantitative estimate of drug-likeness (QED) is 0.778. The molecule has 0 unspecified atom stereocenters. The highest BCUT2D eigenvalue weighted by Crippen LogP contribution is 2.13. The van der Waals surface area contributed by atoms with Crippen LogP contribution in [0.15, 0.2) is 29.2 Å². The molecule has 0 fully saturated rings. The molecule has 0 aliphatic heterocycles. The van der Waals surface area contributed by atoms with Crippen molar-refractivity contribution in [3.05, 3.63) is 29.8 Å². The van der Waals surface area contributed by atoms with Gasteiger partial charge < -0.3 is 10.6 Å². The van der Waals surface area contributed by atoms with Gasteiger partial charge in [0, 0.05) is 26.2 Å². The Balaban J connectivity index is 2.67. The van der Waals surface area contributed by atoms with Crippen LogP contribution in [-0.2, 0) is 26.2 Å². The van der Waals surface area contributed by atoms with Crippen molar-refractivity contribution in [3.8, 4) is 0 Å². The summed E-state index contributed by atoms with van der Waals surface area (Å²) in [6, 6.07) is 6.12. The molecule has 0 aromatic heterocycles. The summed E-state index contributed by atoms with van der Waals surface area (Å²) in [5.41, 5.74) is 0.205. The van der Waals surface area contributed by atoms with Crippen molar-refractivity contribution >= 4 is 21.8 Å². The Morgan fingerprint density at radius 1 is 1.04 bits per heavy atom. The van der Waals surface area contributed by atoms with Gasteiger partial charge in [-0.3, -0.25) is 9.59 Å². The second-order valence-corrected chi connectivity index (χ2v) is 8.47. The number of nitrogens with one attached hydrogen (secondary N) is 2. The SMILES string of the molecule is CN(C)S(=O)(=O)c1ccc(CNC(=O)C(=O)NC(C)(C)C)cc1. The number of nitrogens with zero attached hydrogens (tertiary/aromatic N) is 1. The molecule has 0 bridgehead atoms. The van der Waals surface area contributed by atoms with Gasteiger partial charge in [0.2, 0.25) is 10.0 Å². The molecule has 7 nitrogen and oxygen atoms in total. The predicted molar refractivity (Wildman–Crippen MR) is 87.1 cm³/mol. The Labute approximate surface area is 137 Å². The first kappa shape index (κ1) is 19.1. The van der Waals surface area contributed by atoms with E-state index in [2.05, 4.69) is 10.6 Å². The smallest absolute Gasteiger partial charge is 0.309 e. The Morgan fingerprint density at radius 2 is 1.57 bits per heavy atom. The highest BCUT2D eigenvalue weighted by molar-refractivity contribution is 7.89. The largest absolute Gasteiger partial charge is 0.344 e. The third-order valence-electron chi connectivity index (χ3n) is 2.85. The van der Waals surface area contributed by atoms with Gasteiger partial charge in [0.05, 0.1) is 4.90 Å². The van der Waals surface area contributed by atoms with Gasteiger partial charge in [-0.25, -0.2) is 12.7 Å². The van der Waals surface area contributed by atoms with Gasteiger partial charge in [0.25, 0.3) is 0 Å². The summed E-state index contributed by atoms with van der Waals surface area (Å²) in [6.45, 7) is 5.48. The fourth-order valence-corrected chi connectivity index (χ4v) is 2.55. The number of sulfonamides is 1. The van der Waals surface area contributed by atoms with Crippen molar-refractivity contribution in [2.75, 3.05) is 14.1 Å². The summed E-state index contributed by atoms with van der Waals surface area (Å²) in [4.78, 5) is 23.5. The summed E-state index contributed by atoms with van der Waals surface area (Å²) in [5, 5.41) is 5.05. The molecular formula is C15H23N3O4S. The van der Waals surface area contributed by atoms with Crippen LogP contribution in [0, 0.1) is 0 Å². The van der Waals surface area contributed by atoms with Crippen molar-refractivity contribution < 1.29 is 18.0 Å². The zero-order chi connectivity index (χ0) is 17.8. The van der Waals surface area contributed by atoms with E-state index in [0.717, 1.165) is 4.31 Å². The molecule has 1 aromatic carbocycles. The Kier molecular flexibility index (Phi) is 5.90. The van der Waals surface area contributed by atoms with Crippen LogP contribution in [0.4, 0.5) is 0 Å². The molecule has 0 aliphatic carbocycles. The Morgan fingerprint density at radius 3 is 2.00 bits per heavy atom. The number of hydrogen-bond donors (Lipinski definition) is 2. The third kappa shape index (κ3) is 5.65. The number of carbonyl (C=O) groups excluding carboxylic acids is 2. The maximum Gasteiger partial charge on any atom is 0.309 e. The van der Waals surface area contributed by atoms with Gasteiger partial charge in [-0.15, -0.1) is 0 Å². The summed E-state index contributed by atoms with van der Waals surface area (Å²) in [6.07, 6.45) is 0. The average molecular weight is 341 g/mol. The van der Waals surface area contributed by atoms with Gasteiger partial charge in [-0.2, -0.15) is 0 Å². The number of benzene rings is 1. The topological polar surface area (TPSA) is 95.6 Å². The zero-order valence-electron chi connectivity index (χ0n) is 14.0. The standard InChI is InChI=1S/C15H23N3O4S/c1-15(2,3)17-14(20)13(19)16-10-11-6-8-12(9-7-11)23(21,22)18(4)5/h6-9H,10H2,1-5H3,(H,16,19)(H,17,20). The van der Waals surface area contributed by atoms with Gasteiger partial charge in [-0.1, -0.05) is 12.1 Å². The second kappa shape index (κ2) is 7.10. The molecule has 0 spiro atoms. The summed E-state index contributed by atoms with van der Waals surface area (Å²) in [5.74, 6) is -1.44. The number of hydrogen-bond acceptors (Lipinski definition) is 4. The first-order chi connectivity index (χ1) is 10.4. The van der Waals surface area contributed by atoms with E-state index in [-0.39, 0.29) is 11.4 Å². The van der Waals surface area contributed by atoms with E-state index in [9.17, 15) is 18.0 Å². The minimum atomic E-state index is -3.48. The van der Waals surface area contributed by atoms with Crippen LogP contribution in [0.1, 0.15) is 26.3 Å². The maximum absolute atomic E-state index is 11.9. The Hall–Kier alpha value is -1.93. The van der Waals surface area contributed by atoms with E-state index in [4.69, 9.17) is 0 Å². The highest BCUT2D eigenvalue weighted by atomic mass is 32.2. The van der Waals surface area contributed by atoms with E-state index >= 15 is 0 Å². The summed E-state index contributed by atoms with van der Waals surface area (Å²) < 4.78 is 25.0. The van der Waals surface area contributed by atoms with Gasteiger partial charge in [0.1, 0.15) is 0 Å². The average Bonchev–Trinajstić information content (AvgIpc) is 2.43. The molecule has 1 rings (SSSR count). The van der Waals surface area contributed by atoms with Crippen LogP contribution in [-0.4, -0.2) is 44.2 Å². The second-order valence-electron chi connectivity index (χ2n) is 6.32. The molecule has 23 heavy (non-hydrogen) atoms. The van der Waals surface area contributed by atoms with Crippen molar-refractivity contribution in [3.63, 3.8) is 0 Å². The minimum absolute atomic E-state index is 0.138. The molecule has 0 saturated heterocycles. The predicted octanol–water partition coefficient (Wildman–Crippen LogP) is 0.468. The van der Waals surface area contributed by atoms with Gasteiger partial charge in [-0.05, 0) is 38.5 Å². The zero-order valence-corrected chi connectivity index (χ0v) is 14.8. The lowest BCUT2D eigenvalue weighted by Crippen LogP contribution is -2.48. The van der Waals surface area contributed by atoms with Crippen LogP contribution in [0.2, 0.25) is 0 Å². The van der Waals surface area contributed by atoms with E-state index in [1.807, 2.05) is 0 Å². The van der Waals surface area contributed by atoms with Crippen LogP contribution in [0.3, 0.4) is 0 Å².